The number of carbonyl (C=O) groups excluding carboxylic acids is 1. The Balaban J connectivity index is 1.23. The zero-order chi connectivity index (χ0) is 16.1. The quantitative estimate of drug-likeness (QED) is 0.739. The average molecular weight is 341 g/mol. The molecule has 0 amide bonds. The highest BCUT2D eigenvalue weighted by atomic mass is 32.1. The van der Waals surface area contributed by atoms with Crippen LogP contribution in [0, 0.1) is 23.2 Å². The SMILES string of the molecule is O=C(CC12CC3CC(CC(C3)C1)C2)OCc1nc2ccccc2s1. The van der Waals surface area contributed by atoms with Crippen LogP contribution in [0.1, 0.15) is 50.0 Å². The van der Waals surface area contributed by atoms with Crippen LogP contribution in [-0.2, 0) is 16.1 Å². The maximum Gasteiger partial charge on any atom is 0.306 e. The molecule has 4 saturated carbocycles. The number of thiazole rings is 1. The van der Waals surface area contributed by atoms with E-state index in [4.69, 9.17) is 4.74 Å². The summed E-state index contributed by atoms with van der Waals surface area (Å²) in [5.74, 6) is 2.63. The lowest BCUT2D eigenvalue weighted by molar-refractivity contribution is -0.153. The molecule has 4 aliphatic rings. The van der Waals surface area contributed by atoms with E-state index >= 15 is 0 Å². The standard InChI is InChI=1S/C20H23NO2S/c22-19(23-12-18-21-16-3-1-2-4-17(16)24-18)11-20-8-13-5-14(9-20)7-15(6-13)10-20/h1-4,13-15H,5-12H2. The van der Waals surface area contributed by atoms with Crippen molar-refractivity contribution in [1.82, 2.24) is 4.98 Å². The Kier molecular flexibility index (Phi) is 3.44. The minimum absolute atomic E-state index is 0.0174. The molecule has 126 valence electrons. The van der Waals surface area contributed by atoms with Gasteiger partial charge in [0.15, 0.2) is 0 Å². The molecule has 0 aliphatic heterocycles. The molecule has 1 aromatic carbocycles. The molecule has 4 heteroatoms. The number of hydrogen-bond acceptors (Lipinski definition) is 4. The van der Waals surface area contributed by atoms with E-state index in [-0.39, 0.29) is 11.4 Å². The Morgan fingerprint density at radius 3 is 2.46 bits per heavy atom. The second kappa shape index (κ2) is 5.55. The monoisotopic (exact) mass is 341 g/mol. The minimum atomic E-state index is -0.0174. The van der Waals surface area contributed by atoms with Gasteiger partial charge in [0.1, 0.15) is 11.6 Å². The van der Waals surface area contributed by atoms with Crippen LogP contribution < -0.4 is 0 Å². The number of ether oxygens (including phenoxy) is 1. The third-order valence-corrected chi connectivity index (χ3v) is 7.39. The molecule has 0 radical (unpaired) electrons. The molecule has 2 aromatic rings. The van der Waals surface area contributed by atoms with Crippen LogP contribution in [-0.4, -0.2) is 11.0 Å². The van der Waals surface area contributed by atoms with Crippen molar-refractivity contribution >= 4 is 27.5 Å². The molecule has 1 heterocycles. The summed E-state index contributed by atoms with van der Waals surface area (Å²) in [6.45, 7) is 0.324. The fourth-order valence-electron chi connectivity index (χ4n) is 5.99. The second-order valence-corrected chi connectivity index (χ2v) is 9.45. The predicted octanol–water partition coefficient (Wildman–Crippen LogP) is 4.95. The Labute approximate surface area is 146 Å². The molecule has 4 fully saturated rings. The van der Waals surface area contributed by atoms with Crippen LogP contribution in [0.5, 0.6) is 0 Å². The van der Waals surface area contributed by atoms with Crippen LogP contribution in [0.3, 0.4) is 0 Å². The number of hydrogen-bond donors (Lipinski definition) is 0. The summed E-state index contributed by atoms with van der Waals surface area (Å²) in [7, 11) is 0. The van der Waals surface area contributed by atoms with Gasteiger partial charge < -0.3 is 4.74 Å². The van der Waals surface area contributed by atoms with E-state index in [1.54, 1.807) is 11.3 Å². The molecule has 3 nitrogen and oxygen atoms in total. The Bertz CT molecular complexity index is 713. The average Bonchev–Trinajstić information content (AvgIpc) is 2.94. The zero-order valence-corrected chi connectivity index (χ0v) is 14.7. The van der Waals surface area contributed by atoms with E-state index in [0.29, 0.717) is 13.0 Å². The molecule has 4 aliphatic carbocycles. The third-order valence-electron chi connectivity index (χ3n) is 6.38. The summed E-state index contributed by atoms with van der Waals surface area (Å²) in [6, 6.07) is 8.08. The highest BCUT2D eigenvalue weighted by Crippen LogP contribution is 2.61. The van der Waals surface area contributed by atoms with Crippen LogP contribution in [0.4, 0.5) is 0 Å². The van der Waals surface area contributed by atoms with Gasteiger partial charge in [-0.05, 0) is 73.8 Å². The fourth-order valence-corrected chi connectivity index (χ4v) is 6.87. The number of aromatic nitrogens is 1. The first-order chi connectivity index (χ1) is 11.7. The highest BCUT2D eigenvalue weighted by Gasteiger charge is 2.51. The van der Waals surface area contributed by atoms with E-state index in [0.717, 1.165) is 33.0 Å². The van der Waals surface area contributed by atoms with E-state index in [9.17, 15) is 4.79 Å². The minimum Gasteiger partial charge on any atom is -0.458 e. The third kappa shape index (κ3) is 2.65. The van der Waals surface area contributed by atoms with Gasteiger partial charge >= 0.3 is 5.97 Å². The van der Waals surface area contributed by atoms with Gasteiger partial charge in [-0.15, -0.1) is 11.3 Å². The van der Waals surface area contributed by atoms with Gasteiger partial charge in [-0.2, -0.15) is 0 Å². The molecule has 4 bridgehead atoms. The Morgan fingerprint density at radius 2 is 1.79 bits per heavy atom. The van der Waals surface area contributed by atoms with E-state index in [2.05, 4.69) is 11.1 Å². The first-order valence-electron chi connectivity index (χ1n) is 9.18. The number of carbonyl (C=O) groups is 1. The predicted molar refractivity (Wildman–Crippen MR) is 94.6 cm³/mol. The lowest BCUT2D eigenvalue weighted by atomic mass is 9.49. The number of nitrogens with zero attached hydrogens (tertiary/aromatic N) is 1. The van der Waals surface area contributed by atoms with Gasteiger partial charge in [0.2, 0.25) is 0 Å². The number of para-hydroxylation sites is 1. The largest absolute Gasteiger partial charge is 0.458 e. The van der Waals surface area contributed by atoms with Crippen LogP contribution in [0.15, 0.2) is 24.3 Å². The van der Waals surface area contributed by atoms with Crippen molar-refractivity contribution < 1.29 is 9.53 Å². The van der Waals surface area contributed by atoms with Gasteiger partial charge in [0.25, 0.3) is 0 Å². The molecule has 6 rings (SSSR count). The molecule has 0 unspecified atom stereocenters. The lowest BCUT2D eigenvalue weighted by Crippen LogP contribution is -2.47. The molecule has 0 atom stereocenters. The van der Waals surface area contributed by atoms with E-state index in [1.807, 2.05) is 18.2 Å². The summed E-state index contributed by atoms with van der Waals surface area (Å²) in [4.78, 5) is 17.0. The van der Waals surface area contributed by atoms with Crippen molar-refractivity contribution in [3.63, 3.8) is 0 Å². The highest BCUT2D eigenvalue weighted by molar-refractivity contribution is 7.18. The summed E-state index contributed by atoms with van der Waals surface area (Å²) in [6.07, 6.45) is 8.65. The first-order valence-corrected chi connectivity index (χ1v) is 9.99. The maximum atomic E-state index is 12.5. The molecular weight excluding hydrogens is 318 g/mol. The maximum absolute atomic E-state index is 12.5. The Morgan fingerprint density at radius 1 is 1.12 bits per heavy atom. The van der Waals surface area contributed by atoms with E-state index < -0.39 is 0 Å². The van der Waals surface area contributed by atoms with Gasteiger partial charge in [0.05, 0.1) is 16.6 Å². The summed E-state index contributed by atoms with van der Waals surface area (Å²) in [5.41, 5.74) is 1.26. The molecule has 24 heavy (non-hydrogen) atoms. The summed E-state index contributed by atoms with van der Waals surface area (Å²) in [5, 5.41) is 0.898. The van der Waals surface area contributed by atoms with Crippen molar-refractivity contribution in [2.24, 2.45) is 23.2 Å². The molecule has 0 N–H and O–H groups in total. The van der Waals surface area contributed by atoms with Crippen LogP contribution in [0.2, 0.25) is 0 Å². The van der Waals surface area contributed by atoms with E-state index in [1.165, 1.54) is 38.5 Å². The molecule has 0 saturated heterocycles. The van der Waals surface area contributed by atoms with Crippen molar-refractivity contribution in [1.29, 1.82) is 0 Å². The number of esters is 1. The number of rotatable bonds is 4. The summed E-state index contributed by atoms with van der Waals surface area (Å²) < 4.78 is 6.76. The molecular formula is C20H23NO2S. The lowest BCUT2D eigenvalue weighted by Gasteiger charge is -2.56. The molecule has 1 aromatic heterocycles. The van der Waals surface area contributed by atoms with Crippen LogP contribution in [0.25, 0.3) is 10.2 Å². The zero-order valence-electron chi connectivity index (χ0n) is 13.9. The van der Waals surface area contributed by atoms with Crippen molar-refractivity contribution in [2.75, 3.05) is 0 Å². The van der Waals surface area contributed by atoms with Crippen LogP contribution >= 0.6 is 11.3 Å². The van der Waals surface area contributed by atoms with Crippen molar-refractivity contribution in [3.05, 3.63) is 29.3 Å². The normalized spacial score (nSPS) is 33.9. The topological polar surface area (TPSA) is 39.2 Å². The number of benzene rings is 1. The van der Waals surface area contributed by atoms with Crippen molar-refractivity contribution in [2.45, 2.75) is 51.6 Å². The van der Waals surface area contributed by atoms with Gasteiger partial charge in [-0.25, -0.2) is 4.98 Å². The summed E-state index contributed by atoms with van der Waals surface area (Å²) >= 11 is 1.62. The number of fused-ring (bicyclic) bond motifs is 1. The smallest absolute Gasteiger partial charge is 0.306 e. The van der Waals surface area contributed by atoms with Gasteiger partial charge in [-0.1, -0.05) is 12.1 Å². The second-order valence-electron chi connectivity index (χ2n) is 8.33. The first kappa shape index (κ1) is 14.9. The van der Waals surface area contributed by atoms with Crippen molar-refractivity contribution in [3.8, 4) is 0 Å². The van der Waals surface area contributed by atoms with Gasteiger partial charge in [-0.3, -0.25) is 4.79 Å². The Hall–Kier alpha value is -1.42. The molecule has 0 spiro atoms. The fraction of sp³-hybridized carbons (Fsp3) is 0.600. The van der Waals surface area contributed by atoms with Gasteiger partial charge in [0, 0.05) is 0 Å².